The van der Waals surface area contributed by atoms with E-state index in [-0.39, 0.29) is 29.1 Å². The van der Waals surface area contributed by atoms with E-state index in [9.17, 15) is 19.7 Å². The molecule has 1 atom stereocenters. The summed E-state index contributed by atoms with van der Waals surface area (Å²) in [5.74, 6) is -0.241. The molecule has 4 rings (SSSR count). The predicted octanol–water partition coefficient (Wildman–Crippen LogP) is 2.55. The van der Waals surface area contributed by atoms with E-state index in [1.807, 2.05) is 0 Å². The van der Waals surface area contributed by atoms with Gasteiger partial charge >= 0.3 is 5.69 Å². The van der Waals surface area contributed by atoms with Gasteiger partial charge in [0, 0.05) is 35.7 Å². The fourth-order valence-corrected chi connectivity index (χ4v) is 4.79. The van der Waals surface area contributed by atoms with Crippen LogP contribution in [0.2, 0.25) is 0 Å². The number of rotatable bonds is 7. The van der Waals surface area contributed by atoms with Crippen LogP contribution in [0, 0.1) is 10.1 Å². The zero-order valence-electron chi connectivity index (χ0n) is 16.3. The van der Waals surface area contributed by atoms with Crippen molar-refractivity contribution in [1.82, 2.24) is 9.55 Å². The van der Waals surface area contributed by atoms with Crippen LogP contribution in [0.1, 0.15) is 30.5 Å². The fourth-order valence-electron chi connectivity index (χ4n) is 3.91. The molecule has 1 aromatic carbocycles. The lowest BCUT2D eigenvalue weighted by Gasteiger charge is -2.17. The summed E-state index contributed by atoms with van der Waals surface area (Å²) in [4.78, 5) is 39.6. The van der Waals surface area contributed by atoms with Crippen molar-refractivity contribution in [3.05, 3.63) is 56.1 Å². The molecular weight excluding hydrogens is 408 g/mol. The number of benzene rings is 1. The molecule has 1 saturated heterocycles. The summed E-state index contributed by atoms with van der Waals surface area (Å²) in [6, 6.07) is 5.79. The van der Waals surface area contributed by atoms with Crippen molar-refractivity contribution in [2.45, 2.75) is 49.8 Å². The van der Waals surface area contributed by atoms with Gasteiger partial charge < -0.3 is 10.1 Å². The van der Waals surface area contributed by atoms with E-state index in [2.05, 4.69) is 10.3 Å². The first-order valence-corrected chi connectivity index (χ1v) is 10.9. The Kier molecular flexibility index (Phi) is 6.14. The Morgan fingerprint density at radius 1 is 1.37 bits per heavy atom. The van der Waals surface area contributed by atoms with E-state index in [0.717, 1.165) is 50.0 Å². The number of nitro groups is 1. The minimum Gasteiger partial charge on any atom is -0.376 e. The normalized spacial score (nSPS) is 17.7. The van der Waals surface area contributed by atoms with Crippen LogP contribution in [0.5, 0.6) is 0 Å². The van der Waals surface area contributed by atoms with Crippen molar-refractivity contribution in [2.75, 3.05) is 17.7 Å². The molecule has 10 heteroatoms. The maximum Gasteiger partial charge on any atom is 0.348 e. The number of thioether (sulfide) groups is 1. The largest absolute Gasteiger partial charge is 0.376 e. The topological polar surface area (TPSA) is 116 Å². The van der Waals surface area contributed by atoms with Crippen LogP contribution in [0.15, 0.2) is 34.1 Å². The molecule has 9 nitrogen and oxygen atoms in total. The summed E-state index contributed by atoms with van der Waals surface area (Å²) < 4.78 is 7.41. The van der Waals surface area contributed by atoms with Crippen molar-refractivity contribution < 1.29 is 14.5 Å². The third-order valence-corrected chi connectivity index (χ3v) is 6.31. The number of aromatic nitrogens is 2. The molecule has 0 bridgehead atoms. The van der Waals surface area contributed by atoms with Gasteiger partial charge in [0.25, 0.3) is 5.69 Å². The number of fused-ring (bicyclic) bond motifs is 1. The van der Waals surface area contributed by atoms with Crippen LogP contribution in [-0.4, -0.2) is 38.8 Å². The zero-order valence-corrected chi connectivity index (χ0v) is 17.2. The number of non-ortho nitro benzene ring substituents is 1. The van der Waals surface area contributed by atoms with E-state index in [1.165, 1.54) is 30.0 Å². The van der Waals surface area contributed by atoms with Crippen molar-refractivity contribution in [1.29, 1.82) is 0 Å². The molecule has 2 aromatic rings. The second-order valence-electron chi connectivity index (χ2n) is 7.37. The molecule has 158 valence electrons. The molecule has 0 unspecified atom stereocenters. The Morgan fingerprint density at radius 2 is 2.23 bits per heavy atom. The molecule has 30 heavy (non-hydrogen) atoms. The molecule has 2 aliphatic rings. The SMILES string of the molecule is O=C(CSc1nc(=O)n(C[C@H]2CCCO2)c2c1CCC2)Nc1cccc([N+](=O)[O-])c1. The second kappa shape index (κ2) is 8.97. The van der Waals surface area contributed by atoms with Gasteiger partial charge in [-0.3, -0.25) is 19.5 Å². The fraction of sp³-hybridized carbons (Fsp3) is 0.450. The van der Waals surface area contributed by atoms with Gasteiger partial charge in [-0.05, 0) is 38.2 Å². The molecular formula is C20H22N4O5S. The summed E-state index contributed by atoms with van der Waals surface area (Å²) >= 11 is 1.23. The highest BCUT2D eigenvalue weighted by molar-refractivity contribution is 8.00. The highest BCUT2D eigenvalue weighted by Crippen LogP contribution is 2.30. The Morgan fingerprint density at radius 3 is 3.00 bits per heavy atom. The van der Waals surface area contributed by atoms with Crippen LogP contribution >= 0.6 is 11.8 Å². The first-order chi connectivity index (χ1) is 14.5. The summed E-state index contributed by atoms with van der Waals surface area (Å²) in [6.45, 7) is 1.27. The Hall–Kier alpha value is -2.72. The van der Waals surface area contributed by atoms with E-state index in [1.54, 1.807) is 10.6 Å². The van der Waals surface area contributed by atoms with Gasteiger partial charge in [-0.1, -0.05) is 17.8 Å². The summed E-state index contributed by atoms with van der Waals surface area (Å²) in [5.41, 5.74) is 2.02. The van der Waals surface area contributed by atoms with Crippen LogP contribution in [0.25, 0.3) is 0 Å². The number of carbonyl (C=O) groups excluding carboxylic acids is 1. The number of amides is 1. The number of nitrogens with one attached hydrogen (secondary N) is 1. The number of ether oxygens (including phenoxy) is 1. The van der Waals surface area contributed by atoms with E-state index in [0.29, 0.717) is 17.3 Å². The van der Waals surface area contributed by atoms with Crippen LogP contribution < -0.4 is 11.0 Å². The van der Waals surface area contributed by atoms with Gasteiger partial charge in [0.2, 0.25) is 5.91 Å². The maximum absolute atomic E-state index is 12.6. The first-order valence-electron chi connectivity index (χ1n) is 9.92. The predicted molar refractivity (Wildman–Crippen MR) is 112 cm³/mol. The average molecular weight is 430 g/mol. The minimum atomic E-state index is -0.511. The molecule has 1 N–H and O–H groups in total. The summed E-state index contributed by atoms with van der Waals surface area (Å²) in [7, 11) is 0. The molecule has 0 saturated carbocycles. The van der Waals surface area contributed by atoms with Crippen LogP contribution in [-0.2, 0) is 28.9 Å². The average Bonchev–Trinajstić information content (AvgIpc) is 3.41. The van der Waals surface area contributed by atoms with Gasteiger partial charge in [-0.2, -0.15) is 4.98 Å². The number of carbonyl (C=O) groups is 1. The molecule has 1 fully saturated rings. The van der Waals surface area contributed by atoms with E-state index >= 15 is 0 Å². The molecule has 1 aliphatic carbocycles. The zero-order chi connectivity index (χ0) is 21.1. The smallest absolute Gasteiger partial charge is 0.348 e. The molecule has 1 aliphatic heterocycles. The molecule has 2 heterocycles. The highest BCUT2D eigenvalue weighted by Gasteiger charge is 2.25. The number of nitro benzene ring substituents is 1. The molecule has 0 radical (unpaired) electrons. The number of hydrogen-bond donors (Lipinski definition) is 1. The van der Waals surface area contributed by atoms with Crippen molar-refractivity contribution in [3.8, 4) is 0 Å². The number of nitrogens with zero attached hydrogens (tertiary/aromatic N) is 3. The van der Waals surface area contributed by atoms with Crippen molar-refractivity contribution >= 4 is 29.0 Å². The number of anilines is 1. The van der Waals surface area contributed by atoms with Crippen molar-refractivity contribution in [3.63, 3.8) is 0 Å². The van der Waals surface area contributed by atoms with Gasteiger partial charge in [-0.25, -0.2) is 4.79 Å². The van der Waals surface area contributed by atoms with E-state index in [4.69, 9.17) is 4.74 Å². The van der Waals surface area contributed by atoms with Crippen LogP contribution in [0.3, 0.4) is 0 Å². The second-order valence-corrected chi connectivity index (χ2v) is 8.33. The maximum atomic E-state index is 12.6. The Balaban J connectivity index is 1.44. The third-order valence-electron chi connectivity index (χ3n) is 5.29. The quantitative estimate of drug-likeness (QED) is 0.310. The van der Waals surface area contributed by atoms with Gasteiger partial charge in [-0.15, -0.1) is 0 Å². The Bertz CT molecular complexity index is 1030. The standard InChI is InChI=1S/C20H22N4O5S/c25-18(21-13-4-1-5-14(10-13)24(27)28)12-30-19-16-7-2-8-17(16)23(20(26)22-19)11-15-6-3-9-29-15/h1,4-5,10,15H,2-3,6-9,11-12H2,(H,21,25)/t15-/m1/s1. The number of hydrogen-bond acceptors (Lipinski definition) is 7. The summed E-state index contributed by atoms with van der Waals surface area (Å²) in [6.07, 6.45) is 4.65. The summed E-state index contributed by atoms with van der Waals surface area (Å²) in [5, 5.41) is 14.1. The van der Waals surface area contributed by atoms with Gasteiger partial charge in [0.05, 0.1) is 23.3 Å². The monoisotopic (exact) mass is 430 g/mol. The van der Waals surface area contributed by atoms with E-state index < -0.39 is 4.92 Å². The third kappa shape index (κ3) is 4.54. The highest BCUT2D eigenvalue weighted by atomic mass is 32.2. The molecule has 0 spiro atoms. The molecule has 1 aromatic heterocycles. The first kappa shape index (κ1) is 20.5. The van der Waals surface area contributed by atoms with Gasteiger partial charge in [0.1, 0.15) is 5.03 Å². The van der Waals surface area contributed by atoms with Gasteiger partial charge in [0.15, 0.2) is 0 Å². The Labute approximate surface area is 177 Å². The molecule has 1 amide bonds. The lowest BCUT2D eigenvalue weighted by molar-refractivity contribution is -0.384. The minimum absolute atomic E-state index is 0.0633. The van der Waals surface area contributed by atoms with Crippen LogP contribution in [0.4, 0.5) is 11.4 Å². The lowest BCUT2D eigenvalue weighted by atomic mass is 10.2. The lowest BCUT2D eigenvalue weighted by Crippen LogP contribution is -2.31. The van der Waals surface area contributed by atoms with Crippen molar-refractivity contribution in [2.24, 2.45) is 0 Å².